The number of rotatable bonds is 4. The van der Waals surface area contributed by atoms with Gasteiger partial charge in [0.25, 0.3) is 0 Å². The fourth-order valence-electron chi connectivity index (χ4n) is 3.09. The number of benzene rings is 1. The molecule has 21 heavy (non-hydrogen) atoms. The van der Waals surface area contributed by atoms with E-state index in [1.165, 1.54) is 18.9 Å². The second-order valence-corrected chi connectivity index (χ2v) is 5.95. The Hall–Kier alpha value is -1.64. The smallest absolute Gasteiger partial charge is 0.144 e. The molecular weight excluding hydrogens is 269 g/mol. The van der Waals surface area contributed by atoms with Crippen LogP contribution in [-0.4, -0.2) is 36.2 Å². The summed E-state index contributed by atoms with van der Waals surface area (Å²) in [5.74, 6) is -0.134. The lowest BCUT2D eigenvalue weighted by atomic mass is 9.95. The van der Waals surface area contributed by atoms with Crippen molar-refractivity contribution < 1.29 is 9.50 Å². The number of hydrogen-bond acceptors (Lipinski definition) is 4. The zero-order valence-electron chi connectivity index (χ0n) is 12.0. The Bertz CT molecular complexity index is 559. The number of piperazine rings is 1. The highest BCUT2D eigenvalue weighted by atomic mass is 19.1. The van der Waals surface area contributed by atoms with Crippen molar-refractivity contribution >= 4 is 0 Å². The van der Waals surface area contributed by atoms with E-state index < -0.39 is 5.82 Å². The Morgan fingerprint density at radius 1 is 1.38 bits per heavy atom. The summed E-state index contributed by atoms with van der Waals surface area (Å²) in [6.45, 7) is 3.68. The lowest BCUT2D eigenvalue weighted by molar-refractivity contribution is 0.158. The van der Waals surface area contributed by atoms with Crippen molar-refractivity contribution in [1.82, 2.24) is 10.2 Å². The number of phenolic OH excluding ortho intramolecular Hbond substituents is 1. The largest absolute Gasteiger partial charge is 0.506 e. The van der Waals surface area contributed by atoms with Gasteiger partial charge in [0.1, 0.15) is 23.2 Å². The number of nitrogens with zero attached hydrogens (tertiary/aromatic N) is 2. The SMILES string of the molecule is N#Cc1c(F)ccc([C@H](CC2CC2)N2CCNCC2)c1O. The molecule has 0 radical (unpaired) electrons. The van der Waals surface area contributed by atoms with Gasteiger partial charge in [0, 0.05) is 37.8 Å². The maximum absolute atomic E-state index is 13.6. The fraction of sp³-hybridized carbons (Fsp3) is 0.562. The molecule has 2 N–H and O–H groups in total. The average molecular weight is 289 g/mol. The maximum Gasteiger partial charge on any atom is 0.144 e. The molecule has 0 unspecified atom stereocenters. The molecule has 1 heterocycles. The molecule has 1 aromatic rings. The molecule has 1 aromatic carbocycles. The molecule has 1 atom stereocenters. The standard InChI is InChI=1S/C16H20FN3O/c17-14-4-3-12(16(21)13(14)10-18)15(9-11-1-2-11)20-7-5-19-6-8-20/h3-4,11,15,19,21H,1-2,5-9H2/t15-/m0/s1. The van der Waals surface area contributed by atoms with Crippen molar-refractivity contribution in [3.8, 4) is 11.8 Å². The first-order chi connectivity index (χ1) is 10.2. The highest BCUT2D eigenvalue weighted by Gasteiger charge is 2.32. The minimum atomic E-state index is -0.649. The van der Waals surface area contributed by atoms with Gasteiger partial charge in [-0.3, -0.25) is 4.90 Å². The van der Waals surface area contributed by atoms with Gasteiger partial charge in [-0.15, -0.1) is 0 Å². The number of phenols is 1. The normalized spacial score (nSPS) is 21.0. The van der Waals surface area contributed by atoms with Gasteiger partial charge in [-0.1, -0.05) is 18.9 Å². The van der Waals surface area contributed by atoms with Gasteiger partial charge in [0.15, 0.2) is 0 Å². The summed E-state index contributed by atoms with van der Waals surface area (Å²) in [7, 11) is 0. The average Bonchev–Trinajstić information content (AvgIpc) is 3.31. The molecule has 2 fully saturated rings. The lowest BCUT2D eigenvalue weighted by Crippen LogP contribution is -2.45. The van der Waals surface area contributed by atoms with Gasteiger partial charge in [0.05, 0.1) is 0 Å². The summed E-state index contributed by atoms with van der Waals surface area (Å²) >= 11 is 0. The van der Waals surface area contributed by atoms with Gasteiger partial charge in [0.2, 0.25) is 0 Å². The predicted octanol–water partition coefficient (Wildman–Crippen LogP) is 2.15. The molecule has 1 aliphatic carbocycles. The molecule has 1 saturated heterocycles. The number of nitriles is 1. The Balaban J connectivity index is 1.93. The molecule has 0 spiro atoms. The van der Waals surface area contributed by atoms with Crippen molar-refractivity contribution in [3.05, 3.63) is 29.1 Å². The van der Waals surface area contributed by atoms with Gasteiger partial charge in [-0.05, 0) is 18.4 Å². The van der Waals surface area contributed by atoms with Crippen molar-refractivity contribution in [2.24, 2.45) is 5.92 Å². The van der Waals surface area contributed by atoms with E-state index in [0.29, 0.717) is 11.5 Å². The van der Waals surface area contributed by atoms with Crippen LogP contribution in [0.4, 0.5) is 4.39 Å². The van der Waals surface area contributed by atoms with Crippen molar-refractivity contribution in [1.29, 1.82) is 5.26 Å². The minimum absolute atomic E-state index is 0.0762. The molecule has 0 amide bonds. The molecule has 1 saturated carbocycles. The van der Waals surface area contributed by atoms with Crippen LogP contribution >= 0.6 is 0 Å². The Morgan fingerprint density at radius 3 is 2.71 bits per heavy atom. The first kappa shape index (κ1) is 14.3. The van der Waals surface area contributed by atoms with Crippen LogP contribution in [0, 0.1) is 23.1 Å². The van der Waals surface area contributed by atoms with Gasteiger partial charge in [-0.2, -0.15) is 5.26 Å². The fourth-order valence-corrected chi connectivity index (χ4v) is 3.09. The maximum atomic E-state index is 13.6. The molecule has 5 heteroatoms. The Labute approximate surface area is 124 Å². The quantitative estimate of drug-likeness (QED) is 0.891. The van der Waals surface area contributed by atoms with Crippen LogP contribution in [0.2, 0.25) is 0 Å². The molecular formula is C16H20FN3O. The van der Waals surface area contributed by atoms with E-state index in [9.17, 15) is 9.50 Å². The minimum Gasteiger partial charge on any atom is -0.506 e. The molecule has 0 bridgehead atoms. The second-order valence-electron chi connectivity index (χ2n) is 5.95. The second kappa shape index (κ2) is 6.00. The highest BCUT2D eigenvalue weighted by molar-refractivity contribution is 5.49. The van der Waals surface area contributed by atoms with Crippen LogP contribution < -0.4 is 5.32 Å². The molecule has 4 nitrogen and oxygen atoms in total. The number of nitrogens with one attached hydrogen (secondary N) is 1. The van der Waals surface area contributed by atoms with E-state index >= 15 is 0 Å². The predicted molar refractivity (Wildman–Crippen MR) is 77.3 cm³/mol. The number of halogens is 1. The first-order valence-corrected chi connectivity index (χ1v) is 7.57. The lowest BCUT2D eigenvalue weighted by Gasteiger charge is -2.35. The third-order valence-electron chi connectivity index (χ3n) is 4.47. The zero-order chi connectivity index (χ0) is 14.8. The number of aromatic hydroxyl groups is 1. The van der Waals surface area contributed by atoms with Crippen LogP contribution in [0.5, 0.6) is 5.75 Å². The van der Waals surface area contributed by atoms with Gasteiger partial charge in [-0.25, -0.2) is 4.39 Å². The van der Waals surface area contributed by atoms with E-state index in [2.05, 4.69) is 10.2 Å². The van der Waals surface area contributed by atoms with E-state index in [1.54, 1.807) is 12.1 Å². The molecule has 0 aromatic heterocycles. The zero-order valence-corrected chi connectivity index (χ0v) is 12.0. The van der Waals surface area contributed by atoms with Crippen LogP contribution in [0.3, 0.4) is 0 Å². The van der Waals surface area contributed by atoms with E-state index in [4.69, 9.17) is 5.26 Å². The van der Waals surface area contributed by atoms with Gasteiger partial charge < -0.3 is 10.4 Å². The highest BCUT2D eigenvalue weighted by Crippen LogP contribution is 2.43. The summed E-state index contributed by atoms with van der Waals surface area (Å²) in [5.41, 5.74) is 0.463. The van der Waals surface area contributed by atoms with Crippen molar-refractivity contribution in [2.75, 3.05) is 26.2 Å². The third-order valence-corrected chi connectivity index (χ3v) is 4.47. The Kier molecular flexibility index (Phi) is 4.09. The van der Waals surface area contributed by atoms with Crippen LogP contribution in [-0.2, 0) is 0 Å². The summed E-state index contributed by atoms with van der Waals surface area (Å²) < 4.78 is 13.6. The van der Waals surface area contributed by atoms with E-state index in [0.717, 1.165) is 32.6 Å². The Morgan fingerprint density at radius 2 is 2.10 bits per heavy atom. The molecule has 2 aliphatic rings. The van der Waals surface area contributed by atoms with Crippen LogP contribution in [0.25, 0.3) is 0 Å². The van der Waals surface area contributed by atoms with E-state index in [-0.39, 0.29) is 17.4 Å². The third kappa shape index (κ3) is 3.02. The van der Waals surface area contributed by atoms with Crippen LogP contribution in [0.15, 0.2) is 12.1 Å². The van der Waals surface area contributed by atoms with E-state index in [1.807, 2.05) is 0 Å². The number of hydrogen-bond donors (Lipinski definition) is 2. The first-order valence-electron chi connectivity index (χ1n) is 7.57. The summed E-state index contributed by atoms with van der Waals surface area (Å²) in [4.78, 5) is 2.34. The monoisotopic (exact) mass is 289 g/mol. The van der Waals surface area contributed by atoms with Crippen molar-refractivity contribution in [3.63, 3.8) is 0 Å². The topological polar surface area (TPSA) is 59.3 Å². The van der Waals surface area contributed by atoms with Crippen molar-refractivity contribution in [2.45, 2.75) is 25.3 Å². The van der Waals surface area contributed by atoms with Crippen LogP contribution in [0.1, 0.15) is 36.4 Å². The summed E-state index contributed by atoms with van der Waals surface area (Å²) in [6.07, 6.45) is 3.44. The molecule has 112 valence electrons. The molecule has 3 rings (SSSR count). The molecule has 1 aliphatic heterocycles. The summed E-state index contributed by atoms with van der Waals surface area (Å²) in [6, 6.07) is 4.79. The van der Waals surface area contributed by atoms with Gasteiger partial charge >= 0.3 is 0 Å². The summed E-state index contributed by atoms with van der Waals surface area (Å²) in [5, 5.41) is 22.7.